The molecule has 0 aromatic heterocycles. The van der Waals surface area contributed by atoms with Crippen LogP contribution in [0.1, 0.15) is 6.92 Å². The van der Waals surface area contributed by atoms with Gasteiger partial charge < -0.3 is 0 Å². The van der Waals surface area contributed by atoms with Crippen LogP contribution in [0.3, 0.4) is 0 Å². The molecule has 0 fully saturated rings. The van der Waals surface area contributed by atoms with Crippen molar-refractivity contribution in [1.82, 2.24) is 0 Å². The summed E-state index contributed by atoms with van der Waals surface area (Å²) in [7, 11) is -4.42. The molecule has 0 aliphatic heterocycles. The van der Waals surface area contributed by atoms with E-state index in [4.69, 9.17) is 0 Å². The van der Waals surface area contributed by atoms with E-state index in [1.54, 1.807) is 0 Å². The number of thiol groups is 1. The summed E-state index contributed by atoms with van der Waals surface area (Å²) in [5, 5.41) is -4.94. The van der Waals surface area contributed by atoms with Crippen LogP contribution >= 0.6 is 0 Å². The van der Waals surface area contributed by atoms with Gasteiger partial charge in [0.2, 0.25) is 10.7 Å². The summed E-state index contributed by atoms with van der Waals surface area (Å²) in [6, 6.07) is 0. The SMILES string of the molecule is CC(F)(F)C(F)(F)[SH](=O)=O. The second-order valence-electron chi connectivity index (χ2n) is 1.69. The molecule has 0 heterocycles. The molecule has 0 aliphatic carbocycles. The molecule has 0 atom stereocenters. The Morgan fingerprint density at radius 2 is 1.40 bits per heavy atom. The molecule has 0 spiro atoms. The van der Waals surface area contributed by atoms with Crippen molar-refractivity contribution in [2.75, 3.05) is 0 Å². The molecular weight excluding hydrogens is 176 g/mol. The fourth-order valence-corrected chi connectivity index (χ4v) is 0.481. The van der Waals surface area contributed by atoms with Gasteiger partial charge in [-0.25, -0.2) is 8.42 Å². The lowest BCUT2D eigenvalue weighted by molar-refractivity contribution is -0.141. The molecule has 0 saturated heterocycles. The molecule has 2 nitrogen and oxygen atoms in total. The van der Waals surface area contributed by atoms with Crippen LogP contribution in [0.15, 0.2) is 0 Å². The van der Waals surface area contributed by atoms with Crippen LogP contribution in [0, 0.1) is 0 Å². The zero-order valence-electron chi connectivity index (χ0n) is 4.78. The lowest BCUT2D eigenvalue weighted by Crippen LogP contribution is -2.38. The fourth-order valence-electron chi connectivity index (χ4n) is 0.160. The van der Waals surface area contributed by atoms with Gasteiger partial charge in [0.05, 0.1) is 0 Å². The van der Waals surface area contributed by atoms with Gasteiger partial charge >= 0.3 is 11.2 Å². The number of alkyl halides is 4. The zero-order chi connectivity index (χ0) is 8.58. The minimum absolute atomic E-state index is 0.155. The molecule has 0 N–H and O–H groups in total. The highest BCUT2D eigenvalue weighted by Gasteiger charge is 2.55. The van der Waals surface area contributed by atoms with E-state index in [2.05, 4.69) is 0 Å². The third-order valence-corrected chi connectivity index (χ3v) is 1.61. The molecule has 10 heavy (non-hydrogen) atoms. The first kappa shape index (κ1) is 9.67. The Morgan fingerprint density at radius 1 is 1.10 bits per heavy atom. The molecule has 0 saturated carbocycles. The van der Waals surface area contributed by atoms with E-state index in [9.17, 15) is 26.0 Å². The largest absolute Gasteiger partial charge is 0.404 e. The Bertz CT molecular complexity index is 183. The first-order valence-corrected chi connectivity index (χ1v) is 3.27. The summed E-state index contributed by atoms with van der Waals surface area (Å²) in [4.78, 5) is 0. The Kier molecular flexibility index (Phi) is 2.29. The molecule has 0 aromatic carbocycles. The minimum atomic E-state index is -4.94. The maximum absolute atomic E-state index is 11.7. The third kappa shape index (κ3) is 1.59. The second kappa shape index (κ2) is 2.37. The lowest BCUT2D eigenvalue weighted by Gasteiger charge is -2.15. The van der Waals surface area contributed by atoms with Gasteiger partial charge in [0.25, 0.3) is 0 Å². The molecule has 62 valence electrons. The number of rotatable bonds is 2. The van der Waals surface area contributed by atoms with Crippen molar-refractivity contribution < 1.29 is 26.0 Å². The van der Waals surface area contributed by atoms with E-state index in [1.165, 1.54) is 0 Å². The van der Waals surface area contributed by atoms with Crippen molar-refractivity contribution in [3.8, 4) is 0 Å². The van der Waals surface area contributed by atoms with Crippen molar-refractivity contribution >= 4 is 10.7 Å². The first-order valence-electron chi connectivity index (χ1n) is 2.09. The first-order chi connectivity index (χ1) is 4.19. The van der Waals surface area contributed by atoms with E-state index in [-0.39, 0.29) is 6.92 Å². The van der Waals surface area contributed by atoms with E-state index in [1.807, 2.05) is 0 Å². The monoisotopic (exact) mass is 180 g/mol. The number of halogens is 4. The van der Waals surface area contributed by atoms with Crippen molar-refractivity contribution in [2.24, 2.45) is 0 Å². The lowest BCUT2D eigenvalue weighted by atomic mass is 10.4. The van der Waals surface area contributed by atoms with Gasteiger partial charge in [-0.1, -0.05) is 0 Å². The molecule has 0 rings (SSSR count). The molecule has 0 unspecified atom stereocenters. The zero-order valence-corrected chi connectivity index (χ0v) is 5.67. The molecule has 0 radical (unpaired) electrons. The molecule has 0 aromatic rings. The number of hydrogen-bond donors (Lipinski definition) is 1. The van der Waals surface area contributed by atoms with E-state index in [0.29, 0.717) is 0 Å². The Labute approximate surface area is 55.8 Å². The topological polar surface area (TPSA) is 34.1 Å². The molecule has 0 bridgehead atoms. The van der Waals surface area contributed by atoms with Crippen LogP contribution in [0.2, 0.25) is 0 Å². The van der Waals surface area contributed by atoms with Crippen molar-refractivity contribution in [2.45, 2.75) is 18.1 Å². The van der Waals surface area contributed by atoms with Gasteiger partial charge in [-0.3, -0.25) is 0 Å². The van der Waals surface area contributed by atoms with Crippen LogP contribution in [-0.2, 0) is 10.7 Å². The number of hydrogen-bond acceptors (Lipinski definition) is 2. The van der Waals surface area contributed by atoms with Crippen LogP contribution in [-0.4, -0.2) is 19.6 Å². The molecule has 0 aliphatic rings. The normalized spacial score (nSPS) is 14.2. The summed E-state index contributed by atoms with van der Waals surface area (Å²) < 4.78 is 65.6. The quantitative estimate of drug-likeness (QED) is 0.504. The predicted molar refractivity (Wildman–Crippen MR) is 25.9 cm³/mol. The summed E-state index contributed by atoms with van der Waals surface area (Å²) in [5.74, 6) is -4.51. The Balaban J connectivity index is 4.75. The van der Waals surface area contributed by atoms with Gasteiger partial charge in [0.1, 0.15) is 0 Å². The van der Waals surface area contributed by atoms with E-state index < -0.39 is 21.9 Å². The van der Waals surface area contributed by atoms with Crippen LogP contribution < -0.4 is 0 Å². The fraction of sp³-hybridized carbons (Fsp3) is 1.00. The highest BCUT2D eigenvalue weighted by atomic mass is 32.2. The standard InChI is InChI=1S/C3H4F4O2S/c1-2(4,5)3(6,7)10(8)9/h10H,1H3. The maximum atomic E-state index is 11.7. The van der Waals surface area contributed by atoms with Gasteiger partial charge in [-0.15, -0.1) is 0 Å². The third-order valence-electron chi connectivity index (χ3n) is 0.757. The Morgan fingerprint density at radius 3 is 1.40 bits per heavy atom. The van der Waals surface area contributed by atoms with Crippen molar-refractivity contribution in [1.29, 1.82) is 0 Å². The summed E-state index contributed by atoms with van der Waals surface area (Å²) >= 11 is 0. The van der Waals surface area contributed by atoms with E-state index in [0.717, 1.165) is 0 Å². The van der Waals surface area contributed by atoms with E-state index >= 15 is 0 Å². The van der Waals surface area contributed by atoms with Gasteiger partial charge in [0, 0.05) is 6.92 Å². The highest BCUT2D eigenvalue weighted by molar-refractivity contribution is 7.73. The van der Waals surface area contributed by atoms with Crippen molar-refractivity contribution in [3.05, 3.63) is 0 Å². The molecular formula is C3H4F4O2S. The average Bonchev–Trinajstić information content (AvgIpc) is 1.62. The Hall–Kier alpha value is -0.330. The highest BCUT2D eigenvalue weighted by Crippen LogP contribution is 2.33. The van der Waals surface area contributed by atoms with Gasteiger partial charge in [-0.05, 0) is 0 Å². The van der Waals surface area contributed by atoms with Crippen LogP contribution in [0.25, 0.3) is 0 Å². The van der Waals surface area contributed by atoms with Gasteiger partial charge in [0.15, 0.2) is 0 Å². The maximum Gasteiger partial charge on any atom is 0.404 e. The predicted octanol–water partition coefficient (Wildman–Crippen LogP) is 0.846. The van der Waals surface area contributed by atoms with Crippen molar-refractivity contribution in [3.63, 3.8) is 0 Å². The summed E-state index contributed by atoms with van der Waals surface area (Å²) in [5.41, 5.74) is 0. The smallest absolute Gasteiger partial charge is 0.225 e. The average molecular weight is 180 g/mol. The second-order valence-corrected chi connectivity index (χ2v) is 2.76. The minimum Gasteiger partial charge on any atom is -0.225 e. The van der Waals surface area contributed by atoms with Gasteiger partial charge in [-0.2, -0.15) is 17.6 Å². The van der Waals surface area contributed by atoms with Crippen LogP contribution in [0.5, 0.6) is 0 Å². The van der Waals surface area contributed by atoms with Crippen LogP contribution in [0.4, 0.5) is 17.6 Å². The summed E-state index contributed by atoms with van der Waals surface area (Å²) in [6.45, 7) is -0.155. The summed E-state index contributed by atoms with van der Waals surface area (Å²) in [6.07, 6.45) is 0. The molecule has 0 amide bonds. The molecule has 7 heteroatoms.